The molecule has 0 unspecified atom stereocenters. The third kappa shape index (κ3) is 8.47. The van der Waals surface area contributed by atoms with Gasteiger partial charge in [0.2, 0.25) is 0 Å². The predicted octanol–water partition coefficient (Wildman–Crippen LogP) is 13.6. The monoisotopic (exact) mass is 1290 g/mol. The molecule has 11 aromatic carbocycles. The first kappa shape index (κ1) is 55.8. The Balaban J connectivity index is 0.949. The Morgan fingerprint density at radius 2 is 0.589 bits per heavy atom. The van der Waals surface area contributed by atoms with Crippen LogP contribution in [0.25, 0.3) is 55.0 Å². The van der Waals surface area contributed by atoms with Crippen molar-refractivity contribution in [1.82, 2.24) is 9.13 Å². The summed E-state index contributed by atoms with van der Waals surface area (Å²) in [5.41, 5.74) is 28.5. The van der Waals surface area contributed by atoms with E-state index in [9.17, 15) is 0 Å². The molecule has 90 heavy (non-hydrogen) atoms. The first-order valence-corrected chi connectivity index (χ1v) is 35.6. The molecule has 4 nitrogen and oxygen atoms in total. The van der Waals surface area contributed by atoms with Crippen LogP contribution >= 0.6 is 0 Å². The van der Waals surface area contributed by atoms with Crippen LogP contribution in [0.4, 0.5) is 34.1 Å². The Hall–Kier alpha value is -8.21. The van der Waals surface area contributed by atoms with Gasteiger partial charge in [-0.15, -0.1) is 0 Å². The summed E-state index contributed by atoms with van der Waals surface area (Å²) < 4.78 is 11.0. The zero-order chi connectivity index (χ0) is 61.7. The van der Waals surface area contributed by atoms with E-state index in [0.29, 0.717) is 0 Å². The third-order valence-electron chi connectivity index (χ3n) is 20.0. The van der Waals surface area contributed by atoms with Gasteiger partial charge in [-0.25, -0.2) is 0 Å². The average Bonchev–Trinajstić information content (AvgIpc) is 0.798. The second-order valence-corrected chi connectivity index (χ2v) is 34.4. The molecule has 0 fully saturated rings. The van der Waals surface area contributed by atoms with Gasteiger partial charge in [0, 0.05) is 0 Å². The molecule has 6 heterocycles. The first-order chi connectivity index (χ1) is 43.2. The van der Waals surface area contributed by atoms with Crippen molar-refractivity contribution >= 4 is 172 Å². The van der Waals surface area contributed by atoms with Crippen LogP contribution in [0.2, 0.25) is 0 Å². The average molecular weight is 1290 g/mol. The van der Waals surface area contributed by atoms with E-state index < -0.39 is 0 Å². The van der Waals surface area contributed by atoms with Crippen molar-refractivity contribution in [3.8, 4) is 11.4 Å². The summed E-state index contributed by atoms with van der Waals surface area (Å²) in [5.74, 6) is 0. The van der Waals surface area contributed by atoms with Gasteiger partial charge in [-0.1, -0.05) is 0 Å². The summed E-state index contributed by atoms with van der Waals surface area (Å²) >= 11 is 0.0814. The fraction of sp³-hybridized carbons (Fsp3) is 0.195. The molecule has 0 atom stereocenters. The molecule has 0 aliphatic carbocycles. The quantitative estimate of drug-likeness (QED) is 0.163. The van der Waals surface area contributed by atoms with Crippen LogP contribution in [-0.4, -0.2) is 52.5 Å². The number of hydrogen-bond donors (Lipinski definition) is 0. The molecule has 0 amide bonds. The molecule has 438 valence electrons. The van der Waals surface area contributed by atoms with Crippen LogP contribution < -0.4 is 60.4 Å². The number of rotatable bonds is 4. The fourth-order valence-electron chi connectivity index (χ4n) is 15.3. The maximum atomic E-state index is 2.69. The van der Waals surface area contributed by atoms with Crippen LogP contribution in [0.3, 0.4) is 0 Å². The van der Waals surface area contributed by atoms with E-state index in [1.54, 1.807) is 0 Å². The Morgan fingerprint density at radius 3 is 0.922 bits per heavy atom. The van der Waals surface area contributed by atoms with Crippen molar-refractivity contribution < 1.29 is 0 Å². The minimum absolute atomic E-state index is 0.00229. The van der Waals surface area contributed by atoms with E-state index in [2.05, 4.69) is 320 Å². The van der Waals surface area contributed by atoms with E-state index in [1.165, 1.54) is 151 Å². The molecule has 0 bridgehead atoms. The zero-order valence-electron chi connectivity index (χ0n) is 53.5. The van der Waals surface area contributed by atoms with Crippen molar-refractivity contribution in [2.75, 3.05) is 9.80 Å². The predicted molar refractivity (Wildman–Crippen MR) is 392 cm³/mol. The van der Waals surface area contributed by atoms with Gasteiger partial charge in [0.25, 0.3) is 0 Å². The van der Waals surface area contributed by atoms with Gasteiger partial charge in [-0.05, 0) is 0 Å². The molecule has 4 aliphatic heterocycles. The number of aromatic nitrogens is 2. The first-order valence-electron chi connectivity index (χ1n) is 32.1. The van der Waals surface area contributed by atoms with Crippen molar-refractivity contribution in [1.29, 1.82) is 0 Å². The van der Waals surface area contributed by atoms with Crippen LogP contribution in [0.15, 0.2) is 218 Å². The number of anilines is 6. The Labute approximate surface area is 543 Å². The Bertz CT molecular complexity index is 4740. The van der Waals surface area contributed by atoms with Crippen LogP contribution in [0.5, 0.6) is 0 Å². The van der Waals surface area contributed by atoms with E-state index in [1.807, 2.05) is 0 Å². The van der Waals surface area contributed by atoms with E-state index in [0.717, 1.165) is 11.4 Å². The van der Waals surface area contributed by atoms with Gasteiger partial charge in [0.05, 0.1) is 0 Å². The molecule has 0 saturated carbocycles. The fourth-order valence-corrected chi connectivity index (χ4v) is 20.3. The standard InChI is InChI=1S/C82H72B2N4Se2/c1-79(2,3)49-31-35-65-57(39-49)58-40-50(80(4,5)6)32-36-66(58)87(65)55-43-71-77-75(45-55)89-73-29-21-19-27-61(73)83(77)63-47-64-70(48-69(63)85(71)53-23-15-13-16-24-53)86(54-25-17-14-18-26-54)72-44-56(46-76-78(72)84(64)62-28-20-22-30-74(62)90-76)88-67-37-33-51(81(7,8)9)41-59(67)60-42-52(82(10,11)12)34-38-68(60)88/h13-48H,1-12H3. The van der Waals surface area contributed by atoms with Crippen molar-refractivity contribution in [3.05, 3.63) is 241 Å². The molecule has 2 aromatic heterocycles. The number of para-hydroxylation sites is 2. The molecule has 0 N–H and O–H groups in total. The van der Waals surface area contributed by atoms with Gasteiger partial charge in [0.1, 0.15) is 0 Å². The number of hydrogen-bond acceptors (Lipinski definition) is 2. The molecule has 8 heteroatoms. The molecule has 0 radical (unpaired) electrons. The zero-order valence-corrected chi connectivity index (χ0v) is 57.0. The summed E-state index contributed by atoms with van der Waals surface area (Å²) in [6, 6.07) is 86.0. The van der Waals surface area contributed by atoms with Crippen LogP contribution in [-0.2, 0) is 21.7 Å². The maximum absolute atomic E-state index is 2.69. The summed E-state index contributed by atoms with van der Waals surface area (Å²) in [6.45, 7) is 28.1. The molecule has 0 saturated heterocycles. The number of benzene rings is 11. The summed E-state index contributed by atoms with van der Waals surface area (Å²) in [4.78, 5) is 5.30. The van der Waals surface area contributed by atoms with Crippen molar-refractivity contribution in [2.24, 2.45) is 0 Å². The Kier molecular flexibility index (Phi) is 12.2. The van der Waals surface area contributed by atoms with Gasteiger partial charge >= 0.3 is 547 Å². The van der Waals surface area contributed by atoms with E-state index >= 15 is 0 Å². The molecular formula is C82H72B2N4Se2. The number of fused-ring (bicyclic) bond motifs is 14. The summed E-state index contributed by atoms with van der Waals surface area (Å²) in [6.07, 6.45) is 0. The second-order valence-electron chi connectivity index (χ2n) is 29.8. The van der Waals surface area contributed by atoms with Gasteiger partial charge in [-0.2, -0.15) is 0 Å². The molecule has 13 aromatic rings. The van der Waals surface area contributed by atoms with Gasteiger partial charge in [-0.3, -0.25) is 0 Å². The molecule has 17 rings (SSSR count). The van der Waals surface area contributed by atoms with Gasteiger partial charge < -0.3 is 0 Å². The normalized spacial score (nSPS) is 14.3. The summed E-state index contributed by atoms with van der Waals surface area (Å²) in [7, 11) is 0. The minimum atomic E-state index is -0.00229. The summed E-state index contributed by atoms with van der Waals surface area (Å²) in [5, 5.41) is 5.23. The van der Waals surface area contributed by atoms with Crippen molar-refractivity contribution in [3.63, 3.8) is 0 Å². The number of nitrogens with zero attached hydrogens (tertiary/aromatic N) is 4. The SMILES string of the molecule is CC(C)(C)c1ccc2c(c1)c1cc(C(C)(C)C)ccc1n2-c1cc2c3c(c1)N(c1ccccc1)c1cc4c(cc1B3c1ccccc1[Se]2)B1c2ccccc2[Se]c2cc(-n3c5ccc(C(C)(C)C)cc5c5cc(C(C)(C)C)ccc53)cc(c21)N4c1ccccc1. The molecular weight excluding hydrogens is 1220 g/mol. The Morgan fingerprint density at radius 1 is 0.267 bits per heavy atom. The van der Waals surface area contributed by atoms with Crippen molar-refractivity contribution in [2.45, 2.75) is 105 Å². The van der Waals surface area contributed by atoms with Crippen LogP contribution in [0.1, 0.15) is 105 Å². The molecule has 4 aliphatic rings. The third-order valence-corrected chi connectivity index (χ3v) is 24.8. The van der Waals surface area contributed by atoms with Crippen LogP contribution in [0, 0.1) is 0 Å². The topological polar surface area (TPSA) is 16.3 Å². The molecule has 0 spiro atoms. The van der Waals surface area contributed by atoms with E-state index in [-0.39, 0.29) is 65.0 Å². The van der Waals surface area contributed by atoms with E-state index in [4.69, 9.17) is 0 Å². The van der Waals surface area contributed by atoms with Gasteiger partial charge in [0.15, 0.2) is 0 Å². The second kappa shape index (κ2) is 19.6.